The number of furan rings is 2. The number of benzene rings is 1. The SMILES string of the molecule is CCCCn1c(N)c(N(Cc2ccco2)C(=O)c2oc3ccc(OC)cc3c2C)c(=O)[nH]c1=O. The fourth-order valence-corrected chi connectivity index (χ4v) is 3.84. The minimum atomic E-state index is -0.773. The Morgan fingerprint density at radius 1 is 1.26 bits per heavy atom. The summed E-state index contributed by atoms with van der Waals surface area (Å²) in [6.07, 6.45) is 2.95. The maximum Gasteiger partial charge on any atom is 0.330 e. The Kier molecular flexibility index (Phi) is 6.31. The number of fused-ring (bicyclic) bond motifs is 1. The van der Waals surface area contributed by atoms with E-state index >= 15 is 0 Å². The molecule has 3 N–H and O–H groups in total. The number of ether oxygens (including phenoxy) is 1. The van der Waals surface area contributed by atoms with Gasteiger partial charge < -0.3 is 19.3 Å². The summed E-state index contributed by atoms with van der Waals surface area (Å²) in [5.74, 6) is 0.389. The van der Waals surface area contributed by atoms with E-state index in [-0.39, 0.29) is 23.8 Å². The molecule has 0 radical (unpaired) electrons. The first-order valence-electron chi connectivity index (χ1n) is 10.9. The molecule has 3 aromatic heterocycles. The van der Waals surface area contributed by atoms with Gasteiger partial charge in [0.1, 0.15) is 22.9 Å². The number of rotatable bonds is 8. The second-order valence-corrected chi connectivity index (χ2v) is 7.89. The number of methoxy groups -OCH3 is 1. The zero-order valence-electron chi connectivity index (χ0n) is 19.2. The van der Waals surface area contributed by atoms with Gasteiger partial charge in [-0.1, -0.05) is 13.3 Å². The molecule has 1 amide bonds. The van der Waals surface area contributed by atoms with Gasteiger partial charge in [-0.3, -0.25) is 24.0 Å². The second kappa shape index (κ2) is 9.34. The predicted octanol–water partition coefficient (Wildman–Crippen LogP) is 3.42. The van der Waals surface area contributed by atoms with Crippen molar-refractivity contribution in [2.24, 2.45) is 0 Å². The van der Waals surface area contributed by atoms with Gasteiger partial charge in [0.05, 0.1) is 19.9 Å². The van der Waals surface area contributed by atoms with Crippen molar-refractivity contribution in [2.45, 2.75) is 39.8 Å². The Labute approximate surface area is 194 Å². The van der Waals surface area contributed by atoms with E-state index in [0.29, 0.717) is 41.0 Å². The lowest BCUT2D eigenvalue weighted by molar-refractivity contribution is 0.0957. The summed E-state index contributed by atoms with van der Waals surface area (Å²) in [5.41, 5.74) is 5.83. The number of aryl methyl sites for hydroxylation is 1. The zero-order valence-corrected chi connectivity index (χ0v) is 19.2. The Bertz CT molecular complexity index is 1440. The molecule has 0 unspecified atom stereocenters. The predicted molar refractivity (Wildman–Crippen MR) is 127 cm³/mol. The van der Waals surface area contributed by atoms with Crippen LogP contribution in [-0.4, -0.2) is 22.6 Å². The normalized spacial score (nSPS) is 11.1. The fraction of sp³-hybridized carbons (Fsp3) is 0.292. The molecule has 3 heterocycles. The van der Waals surface area contributed by atoms with Crippen LogP contribution in [0, 0.1) is 6.92 Å². The molecule has 0 aliphatic heterocycles. The van der Waals surface area contributed by atoms with E-state index in [1.165, 1.54) is 15.7 Å². The van der Waals surface area contributed by atoms with Crippen LogP contribution in [0.2, 0.25) is 0 Å². The molecule has 4 rings (SSSR count). The Hall–Kier alpha value is -4.21. The number of hydrogen-bond donors (Lipinski definition) is 2. The highest BCUT2D eigenvalue weighted by Crippen LogP contribution is 2.31. The summed E-state index contributed by atoms with van der Waals surface area (Å²) < 4.78 is 17.8. The number of nitrogen functional groups attached to an aromatic ring is 1. The smallest absolute Gasteiger partial charge is 0.330 e. The van der Waals surface area contributed by atoms with Gasteiger partial charge in [-0.05, 0) is 43.7 Å². The summed E-state index contributed by atoms with van der Waals surface area (Å²) in [5, 5.41) is 0.704. The van der Waals surface area contributed by atoms with E-state index < -0.39 is 17.2 Å². The van der Waals surface area contributed by atoms with Crippen molar-refractivity contribution in [2.75, 3.05) is 17.7 Å². The van der Waals surface area contributed by atoms with Gasteiger partial charge in [0, 0.05) is 17.5 Å². The first kappa shape index (κ1) is 23.0. The standard InChI is InChI=1S/C24H26N4O6/c1-4-5-10-27-21(25)19(22(29)26-24(27)31)28(13-16-7-6-11-33-16)23(30)20-14(2)17-12-15(32-3)8-9-18(17)34-20/h6-9,11-12H,4-5,10,13,25H2,1-3H3,(H,26,29,31). The highest BCUT2D eigenvalue weighted by molar-refractivity contribution is 6.08. The van der Waals surface area contributed by atoms with Crippen molar-refractivity contribution in [1.29, 1.82) is 0 Å². The third-order valence-corrected chi connectivity index (χ3v) is 5.70. The van der Waals surface area contributed by atoms with Crippen molar-refractivity contribution >= 4 is 28.4 Å². The lowest BCUT2D eigenvalue weighted by atomic mass is 10.1. The number of amides is 1. The number of nitrogens with zero attached hydrogens (tertiary/aromatic N) is 2. The van der Waals surface area contributed by atoms with Gasteiger partial charge in [-0.25, -0.2) is 4.79 Å². The number of carbonyl (C=O) groups is 1. The van der Waals surface area contributed by atoms with Gasteiger partial charge in [0.15, 0.2) is 11.4 Å². The number of unbranched alkanes of at least 4 members (excludes halogenated alkanes) is 1. The molecule has 0 aliphatic carbocycles. The zero-order chi connectivity index (χ0) is 24.4. The van der Waals surface area contributed by atoms with Crippen LogP contribution < -0.4 is 26.6 Å². The van der Waals surface area contributed by atoms with Gasteiger partial charge in [0.25, 0.3) is 11.5 Å². The average Bonchev–Trinajstić information content (AvgIpc) is 3.45. The van der Waals surface area contributed by atoms with Crippen molar-refractivity contribution in [3.8, 4) is 5.75 Å². The lowest BCUT2D eigenvalue weighted by Crippen LogP contribution is -2.41. The van der Waals surface area contributed by atoms with Gasteiger partial charge in [-0.2, -0.15) is 0 Å². The van der Waals surface area contributed by atoms with Gasteiger partial charge >= 0.3 is 5.69 Å². The number of nitrogens with one attached hydrogen (secondary N) is 1. The molecule has 0 saturated carbocycles. The van der Waals surface area contributed by atoms with Crippen molar-refractivity contribution in [3.63, 3.8) is 0 Å². The molecule has 10 heteroatoms. The van der Waals surface area contributed by atoms with Gasteiger partial charge in [-0.15, -0.1) is 0 Å². The molecule has 0 atom stereocenters. The molecular weight excluding hydrogens is 440 g/mol. The quantitative estimate of drug-likeness (QED) is 0.406. The lowest BCUT2D eigenvalue weighted by Gasteiger charge is -2.23. The maximum absolute atomic E-state index is 13.8. The number of hydrogen-bond acceptors (Lipinski definition) is 7. The summed E-state index contributed by atoms with van der Waals surface area (Å²) in [6.45, 7) is 3.93. The first-order valence-corrected chi connectivity index (χ1v) is 10.9. The van der Waals surface area contributed by atoms with Crippen molar-refractivity contribution in [1.82, 2.24) is 9.55 Å². The number of H-pyrrole nitrogens is 1. The van der Waals surface area contributed by atoms with Crippen LogP contribution in [0.1, 0.15) is 41.6 Å². The average molecular weight is 466 g/mol. The Balaban J connectivity index is 1.88. The maximum atomic E-state index is 13.8. The van der Waals surface area contributed by atoms with Crippen LogP contribution in [0.25, 0.3) is 11.0 Å². The summed E-state index contributed by atoms with van der Waals surface area (Å²) >= 11 is 0. The largest absolute Gasteiger partial charge is 0.497 e. The number of anilines is 2. The van der Waals surface area contributed by atoms with Gasteiger partial charge in [0.2, 0.25) is 0 Å². The summed E-state index contributed by atoms with van der Waals surface area (Å²) in [7, 11) is 1.55. The molecule has 0 fully saturated rings. The molecular formula is C24H26N4O6. The summed E-state index contributed by atoms with van der Waals surface area (Å²) in [4.78, 5) is 42.6. The molecule has 0 saturated heterocycles. The molecule has 34 heavy (non-hydrogen) atoms. The number of carbonyl (C=O) groups excluding carboxylic acids is 1. The molecule has 4 aromatic rings. The Morgan fingerprint density at radius 3 is 2.74 bits per heavy atom. The highest BCUT2D eigenvalue weighted by Gasteiger charge is 2.30. The molecule has 0 bridgehead atoms. The van der Waals surface area contributed by atoms with Crippen LogP contribution in [0.15, 0.2) is 55.0 Å². The molecule has 1 aromatic carbocycles. The summed E-state index contributed by atoms with van der Waals surface area (Å²) in [6, 6.07) is 8.56. The minimum Gasteiger partial charge on any atom is -0.497 e. The number of aromatic amines is 1. The first-order chi connectivity index (χ1) is 16.3. The van der Waals surface area contributed by atoms with Crippen molar-refractivity contribution in [3.05, 3.63) is 74.5 Å². The van der Waals surface area contributed by atoms with Crippen LogP contribution >= 0.6 is 0 Å². The van der Waals surface area contributed by atoms with E-state index in [4.69, 9.17) is 19.3 Å². The molecule has 0 spiro atoms. The van der Waals surface area contributed by atoms with E-state index in [1.807, 2.05) is 6.92 Å². The van der Waals surface area contributed by atoms with Crippen LogP contribution in [-0.2, 0) is 13.1 Å². The molecule has 10 nitrogen and oxygen atoms in total. The third-order valence-electron chi connectivity index (χ3n) is 5.70. The molecule has 178 valence electrons. The van der Waals surface area contributed by atoms with E-state index in [1.54, 1.807) is 44.4 Å². The van der Waals surface area contributed by atoms with E-state index in [2.05, 4.69) is 4.98 Å². The van der Waals surface area contributed by atoms with Crippen LogP contribution in [0.4, 0.5) is 11.5 Å². The van der Waals surface area contributed by atoms with Crippen molar-refractivity contribution < 1.29 is 18.4 Å². The van der Waals surface area contributed by atoms with E-state index in [0.717, 1.165) is 6.42 Å². The van der Waals surface area contributed by atoms with E-state index in [9.17, 15) is 14.4 Å². The van der Waals surface area contributed by atoms with Crippen LogP contribution in [0.5, 0.6) is 5.75 Å². The molecule has 0 aliphatic rings. The second-order valence-electron chi connectivity index (χ2n) is 7.89. The fourth-order valence-electron chi connectivity index (χ4n) is 3.84. The minimum absolute atomic E-state index is 0.0416. The monoisotopic (exact) mass is 466 g/mol. The third kappa shape index (κ3) is 4.09. The topological polar surface area (TPSA) is 137 Å². The van der Waals surface area contributed by atoms with Crippen LogP contribution in [0.3, 0.4) is 0 Å². The Morgan fingerprint density at radius 2 is 2.06 bits per heavy atom. The highest BCUT2D eigenvalue weighted by atomic mass is 16.5. The number of aromatic nitrogens is 2. The number of nitrogens with two attached hydrogens (primary N) is 1.